The molecule has 1 amide bonds. The number of nitrogens with one attached hydrogen (secondary N) is 1. The minimum Gasteiger partial charge on any atom is -0.391 e. The Hall–Kier alpha value is -2.46. The van der Waals surface area contributed by atoms with E-state index in [2.05, 4.69) is 21.5 Å². The fourth-order valence-corrected chi connectivity index (χ4v) is 3.46. The first-order valence-corrected chi connectivity index (χ1v) is 9.25. The van der Waals surface area contributed by atoms with Gasteiger partial charge in [0.25, 0.3) is 0 Å². The van der Waals surface area contributed by atoms with Crippen LogP contribution in [0.15, 0.2) is 29.7 Å². The Morgan fingerprint density at radius 3 is 3.00 bits per heavy atom. The molecule has 1 saturated heterocycles. The van der Waals surface area contributed by atoms with Crippen molar-refractivity contribution in [3.63, 3.8) is 0 Å². The highest BCUT2D eigenvalue weighted by Crippen LogP contribution is 2.18. The number of oxime groups is 1. The summed E-state index contributed by atoms with van der Waals surface area (Å²) in [7, 11) is 0. The van der Waals surface area contributed by atoms with Crippen LogP contribution < -0.4 is 5.32 Å². The summed E-state index contributed by atoms with van der Waals surface area (Å²) in [6.45, 7) is 1.45. The number of carbonyl (C=O) groups is 1. The molecule has 26 heavy (non-hydrogen) atoms. The van der Waals surface area contributed by atoms with Crippen molar-refractivity contribution in [1.29, 1.82) is 5.26 Å². The molecule has 1 aliphatic heterocycles. The van der Waals surface area contributed by atoms with Gasteiger partial charge in [-0.15, -0.1) is 0 Å². The lowest BCUT2D eigenvalue weighted by Gasteiger charge is -2.25. The first-order chi connectivity index (χ1) is 12.8. The van der Waals surface area contributed by atoms with Crippen molar-refractivity contribution < 1.29 is 9.63 Å². The maximum atomic E-state index is 12.3. The second-order valence-corrected chi connectivity index (χ2v) is 6.82. The number of carbonyl (C=O) groups excluding carboxylic acids is 1. The minimum absolute atomic E-state index is 0.0355. The summed E-state index contributed by atoms with van der Waals surface area (Å²) in [5.41, 5.74) is 2.07. The SMILES string of the molecule is N#C[C@@H]1CCCN1C(=O)CNC1CCC(=NOCc2cccnc2)CC1. The largest absolute Gasteiger partial charge is 0.391 e. The van der Waals surface area contributed by atoms with Crippen LogP contribution in [0.5, 0.6) is 0 Å². The Labute approximate surface area is 154 Å². The van der Waals surface area contributed by atoms with Gasteiger partial charge in [0.1, 0.15) is 12.6 Å². The van der Waals surface area contributed by atoms with Crippen molar-refractivity contribution in [2.75, 3.05) is 13.1 Å². The lowest BCUT2D eigenvalue weighted by atomic mass is 9.94. The smallest absolute Gasteiger partial charge is 0.237 e. The second kappa shape index (κ2) is 9.30. The van der Waals surface area contributed by atoms with Crippen LogP contribution >= 0.6 is 0 Å². The van der Waals surface area contributed by atoms with Gasteiger partial charge in [-0.2, -0.15) is 5.26 Å². The van der Waals surface area contributed by atoms with E-state index in [9.17, 15) is 4.79 Å². The highest BCUT2D eigenvalue weighted by Gasteiger charge is 2.28. The molecule has 1 aliphatic carbocycles. The lowest BCUT2D eigenvalue weighted by molar-refractivity contribution is -0.130. The van der Waals surface area contributed by atoms with E-state index in [4.69, 9.17) is 10.1 Å². The Kier molecular flexibility index (Phi) is 6.56. The molecule has 1 aromatic heterocycles. The first kappa shape index (κ1) is 18.3. The van der Waals surface area contributed by atoms with Gasteiger partial charge in [-0.3, -0.25) is 9.78 Å². The van der Waals surface area contributed by atoms with Gasteiger partial charge in [-0.1, -0.05) is 11.2 Å². The Bertz CT molecular complexity index is 660. The number of likely N-dealkylation sites (tertiary alicyclic amines) is 1. The molecule has 2 fully saturated rings. The predicted molar refractivity (Wildman–Crippen MR) is 97.1 cm³/mol. The highest BCUT2D eigenvalue weighted by molar-refractivity contribution is 5.84. The van der Waals surface area contributed by atoms with Gasteiger partial charge in [-0.05, 0) is 44.6 Å². The summed E-state index contributed by atoms with van der Waals surface area (Å²) < 4.78 is 0. The minimum atomic E-state index is -0.244. The molecule has 2 aliphatic rings. The molecule has 0 aromatic carbocycles. The molecule has 0 bridgehead atoms. The van der Waals surface area contributed by atoms with Crippen molar-refractivity contribution in [2.45, 2.75) is 57.2 Å². The Morgan fingerprint density at radius 2 is 2.27 bits per heavy atom. The number of nitriles is 1. The van der Waals surface area contributed by atoms with Gasteiger partial charge in [0.15, 0.2) is 0 Å². The molecule has 1 saturated carbocycles. The average molecular weight is 355 g/mol. The predicted octanol–water partition coefficient (Wildman–Crippen LogP) is 2.00. The molecule has 0 radical (unpaired) electrons. The van der Waals surface area contributed by atoms with Gasteiger partial charge in [0, 0.05) is 30.5 Å². The Balaban J connectivity index is 1.35. The molecule has 7 nitrogen and oxygen atoms in total. The zero-order valence-corrected chi connectivity index (χ0v) is 14.9. The highest BCUT2D eigenvalue weighted by atomic mass is 16.6. The average Bonchev–Trinajstić information content (AvgIpc) is 3.17. The first-order valence-electron chi connectivity index (χ1n) is 9.25. The van der Waals surface area contributed by atoms with E-state index in [1.807, 2.05) is 12.1 Å². The quantitative estimate of drug-likeness (QED) is 0.788. The van der Waals surface area contributed by atoms with Crippen molar-refractivity contribution in [3.8, 4) is 6.07 Å². The number of nitrogens with zero attached hydrogens (tertiary/aromatic N) is 4. The summed E-state index contributed by atoms with van der Waals surface area (Å²) in [5.74, 6) is 0.0355. The third-order valence-electron chi connectivity index (χ3n) is 4.97. The van der Waals surface area contributed by atoms with E-state index in [0.29, 0.717) is 25.7 Å². The third kappa shape index (κ3) is 5.02. The molecular formula is C19H25N5O2. The molecule has 0 unspecified atom stereocenters. The molecule has 7 heteroatoms. The maximum absolute atomic E-state index is 12.3. The van der Waals surface area contributed by atoms with Crippen LogP contribution in [-0.2, 0) is 16.2 Å². The topological polar surface area (TPSA) is 90.6 Å². The number of pyridine rings is 1. The van der Waals surface area contributed by atoms with E-state index < -0.39 is 0 Å². The summed E-state index contributed by atoms with van der Waals surface area (Å²) in [6, 6.07) is 6.13. The molecular weight excluding hydrogens is 330 g/mol. The molecule has 1 aromatic rings. The number of hydrogen-bond donors (Lipinski definition) is 1. The van der Waals surface area contributed by atoms with Crippen molar-refractivity contribution in [2.24, 2.45) is 5.16 Å². The van der Waals surface area contributed by atoms with Crippen LogP contribution in [0.1, 0.15) is 44.1 Å². The molecule has 138 valence electrons. The van der Waals surface area contributed by atoms with Crippen LogP contribution in [0.2, 0.25) is 0 Å². The number of aromatic nitrogens is 1. The fourth-order valence-electron chi connectivity index (χ4n) is 3.46. The molecule has 1 atom stereocenters. The summed E-state index contributed by atoms with van der Waals surface area (Å²) in [6.07, 6.45) is 8.88. The molecule has 2 heterocycles. The monoisotopic (exact) mass is 355 g/mol. The Morgan fingerprint density at radius 1 is 1.42 bits per heavy atom. The van der Waals surface area contributed by atoms with Crippen LogP contribution in [0.25, 0.3) is 0 Å². The molecule has 3 rings (SSSR count). The maximum Gasteiger partial charge on any atom is 0.237 e. The lowest BCUT2D eigenvalue weighted by Crippen LogP contribution is -2.44. The molecule has 1 N–H and O–H groups in total. The van der Waals surface area contributed by atoms with E-state index in [1.54, 1.807) is 17.3 Å². The molecule has 0 spiro atoms. The number of amides is 1. The number of rotatable bonds is 6. The van der Waals surface area contributed by atoms with Crippen molar-refractivity contribution in [1.82, 2.24) is 15.2 Å². The van der Waals surface area contributed by atoms with E-state index in [1.165, 1.54) is 0 Å². The number of hydrogen-bond acceptors (Lipinski definition) is 6. The van der Waals surface area contributed by atoms with Gasteiger partial charge in [-0.25, -0.2) is 0 Å². The van der Waals surface area contributed by atoms with Gasteiger partial charge in [0.05, 0.1) is 18.3 Å². The summed E-state index contributed by atoms with van der Waals surface area (Å²) in [4.78, 5) is 23.4. The fraction of sp³-hybridized carbons (Fsp3) is 0.579. The zero-order valence-electron chi connectivity index (χ0n) is 14.9. The van der Waals surface area contributed by atoms with E-state index in [-0.39, 0.29) is 11.9 Å². The van der Waals surface area contributed by atoms with E-state index >= 15 is 0 Å². The zero-order chi connectivity index (χ0) is 18.2. The second-order valence-electron chi connectivity index (χ2n) is 6.82. The van der Waals surface area contributed by atoms with Crippen LogP contribution in [0, 0.1) is 11.3 Å². The van der Waals surface area contributed by atoms with E-state index in [0.717, 1.165) is 49.8 Å². The van der Waals surface area contributed by atoms with Gasteiger partial charge < -0.3 is 15.1 Å². The standard InChI is InChI=1S/C19H25N5O2/c20-11-18-4-2-10-24(18)19(25)13-22-16-5-7-17(8-6-16)23-26-14-15-3-1-9-21-12-15/h1,3,9,12,16,18,22H,2,4-8,10,13-14H2/t16?,18-/m0/s1. The van der Waals surface area contributed by atoms with Crippen LogP contribution in [0.3, 0.4) is 0 Å². The van der Waals surface area contributed by atoms with Gasteiger partial charge in [0.2, 0.25) is 5.91 Å². The summed E-state index contributed by atoms with van der Waals surface area (Å²) >= 11 is 0. The van der Waals surface area contributed by atoms with Crippen LogP contribution in [0.4, 0.5) is 0 Å². The third-order valence-corrected chi connectivity index (χ3v) is 4.97. The summed E-state index contributed by atoms with van der Waals surface area (Å²) in [5, 5.41) is 16.7. The van der Waals surface area contributed by atoms with Crippen molar-refractivity contribution in [3.05, 3.63) is 30.1 Å². The van der Waals surface area contributed by atoms with Crippen LogP contribution in [-0.4, -0.2) is 46.7 Å². The van der Waals surface area contributed by atoms with Gasteiger partial charge >= 0.3 is 0 Å². The van der Waals surface area contributed by atoms with Crippen molar-refractivity contribution >= 4 is 11.6 Å². The normalized spacial score (nSPS) is 22.7.